The van der Waals surface area contributed by atoms with Crippen molar-refractivity contribution in [3.63, 3.8) is 0 Å². The van der Waals surface area contributed by atoms with Crippen molar-refractivity contribution in [3.05, 3.63) is 65.7 Å². The van der Waals surface area contributed by atoms with Crippen molar-refractivity contribution in [2.24, 2.45) is 0 Å². The Balaban J connectivity index is 1.96. The van der Waals surface area contributed by atoms with Gasteiger partial charge in [0.15, 0.2) is 6.61 Å². The first kappa shape index (κ1) is 16.9. The number of para-hydroxylation sites is 2. The summed E-state index contributed by atoms with van der Waals surface area (Å²) < 4.78 is 11.0. The van der Waals surface area contributed by atoms with Crippen molar-refractivity contribution in [2.75, 3.05) is 18.5 Å². The summed E-state index contributed by atoms with van der Waals surface area (Å²) in [6.45, 7) is 5.74. The van der Waals surface area contributed by atoms with Crippen LogP contribution in [0.25, 0.3) is 0 Å². The lowest BCUT2D eigenvalue weighted by Gasteiger charge is -2.12. The van der Waals surface area contributed by atoms with Crippen molar-refractivity contribution in [1.82, 2.24) is 0 Å². The zero-order valence-electron chi connectivity index (χ0n) is 12.8. The molecular formula is C18H18ClNO3. The molecule has 0 radical (unpaired) electrons. The van der Waals surface area contributed by atoms with Crippen LogP contribution in [0.2, 0.25) is 5.02 Å². The predicted molar refractivity (Wildman–Crippen MR) is 92.4 cm³/mol. The van der Waals surface area contributed by atoms with E-state index in [1.807, 2.05) is 19.1 Å². The molecule has 2 rings (SSSR count). The molecule has 2 aromatic carbocycles. The molecule has 23 heavy (non-hydrogen) atoms. The fourth-order valence-electron chi connectivity index (χ4n) is 1.95. The first-order valence-corrected chi connectivity index (χ1v) is 7.49. The van der Waals surface area contributed by atoms with E-state index < -0.39 is 0 Å². The summed E-state index contributed by atoms with van der Waals surface area (Å²) in [6.07, 6.45) is 1.64. The van der Waals surface area contributed by atoms with E-state index in [4.69, 9.17) is 21.1 Å². The molecule has 0 spiro atoms. The largest absolute Gasteiger partial charge is 0.487 e. The van der Waals surface area contributed by atoms with Gasteiger partial charge in [0.25, 0.3) is 5.91 Å². The molecule has 0 aliphatic rings. The van der Waals surface area contributed by atoms with Crippen LogP contribution in [0.4, 0.5) is 5.69 Å². The highest BCUT2D eigenvalue weighted by Crippen LogP contribution is 2.24. The lowest BCUT2D eigenvalue weighted by atomic mass is 10.2. The van der Waals surface area contributed by atoms with Crippen LogP contribution in [0.5, 0.6) is 11.5 Å². The van der Waals surface area contributed by atoms with Crippen LogP contribution in [0.3, 0.4) is 0 Å². The molecular weight excluding hydrogens is 314 g/mol. The Kier molecular flexibility index (Phi) is 6.06. The Bertz CT molecular complexity index is 700. The zero-order chi connectivity index (χ0) is 16.7. The number of hydrogen-bond acceptors (Lipinski definition) is 3. The fourth-order valence-corrected chi connectivity index (χ4v) is 2.18. The van der Waals surface area contributed by atoms with Gasteiger partial charge in [0.05, 0.1) is 5.69 Å². The van der Waals surface area contributed by atoms with E-state index >= 15 is 0 Å². The quantitative estimate of drug-likeness (QED) is 0.772. The minimum absolute atomic E-state index is 0.0989. The Morgan fingerprint density at radius 3 is 2.74 bits per heavy atom. The third-order valence-electron chi connectivity index (χ3n) is 3.01. The van der Waals surface area contributed by atoms with Gasteiger partial charge >= 0.3 is 0 Å². The number of nitrogens with one attached hydrogen (secondary N) is 1. The highest BCUT2D eigenvalue weighted by atomic mass is 35.5. The molecule has 1 N–H and O–H groups in total. The van der Waals surface area contributed by atoms with Crippen LogP contribution in [0, 0.1) is 6.92 Å². The standard InChI is InChI=1S/C18H18ClNO3/c1-3-10-22-17-7-5-4-6-15(17)20-18(21)12-23-16-9-8-14(19)11-13(16)2/h3-9,11H,1,10,12H2,2H3,(H,20,21). The van der Waals surface area contributed by atoms with Gasteiger partial charge in [-0.25, -0.2) is 0 Å². The van der Waals surface area contributed by atoms with E-state index in [2.05, 4.69) is 11.9 Å². The molecule has 0 atom stereocenters. The monoisotopic (exact) mass is 331 g/mol. The van der Waals surface area contributed by atoms with E-state index in [1.54, 1.807) is 36.4 Å². The van der Waals surface area contributed by atoms with E-state index in [-0.39, 0.29) is 12.5 Å². The summed E-state index contributed by atoms with van der Waals surface area (Å²) in [5.74, 6) is 0.943. The third-order valence-corrected chi connectivity index (χ3v) is 3.25. The number of halogens is 1. The van der Waals surface area contributed by atoms with E-state index in [9.17, 15) is 4.79 Å². The molecule has 0 unspecified atom stereocenters. The number of ether oxygens (including phenoxy) is 2. The second kappa shape index (κ2) is 8.25. The topological polar surface area (TPSA) is 47.6 Å². The fraction of sp³-hybridized carbons (Fsp3) is 0.167. The lowest BCUT2D eigenvalue weighted by Crippen LogP contribution is -2.20. The number of rotatable bonds is 7. The molecule has 0 bridgehead atoms. The molecule has 0 aliphatic heterocycles. The molecule has 4 nitrogen and oxygen atoms in total. The van der Waals surface area contributed by atoms with Crippen molar-refractivity contribution >= 4 is 23.2 Å². The average molecular weight is 332 g/mol. The Morgan fingerprint density at radius 1 is 1.22 bits per heavy atom. The summed E-state index contributed by atoms with van der Waals surface area (Å²) >= 11 is 5.89. The third kappa shape index (κ3) is 5.04. The van der Waals surface area contributed by atoms with Crippen molar-refractivity contribution in [2.45, 2.75) is 6.92 Å². The number of amides is 1. The van der Waals surface area contributed by atoms with E-state index in [0.29, 0.717) is 28.8 Å². The first-order valence-electron chi connectivity index (χ1n) is 7.11. The van der Waals surface area contributed by atoms with Crippen molar-refractivity contribution in [1.29, 1.82) is 0 Å². The second-order valence-corrected chi connectivity index (χ2v) is 5.28. The maximum absolute atomic E-state index is 12.1. The zero-order valence-corrected chi connectivity index (χ0v) is 13.6. The second-order valence-electron chi connectivity index (χ2n) is 4.84. The lowest BCUT2D eigenvalue weighted by molar-refractivity contribution is -0.118. The van der Waals surface area contributed by atoms with E-state index in [0.717, 1.165) is 5.56 Å². The Hall–Kier alpha value is -2.46. The molecule has 0 aliphatic carbocycles. The highest BCUT2D eigenvalue weighted by Gasteiger charge is 2.09. The molecule has 0 heterocycles. The summed E-state index contributed by atoms with van der Waals surface area (Å²) in [5.41, 5.74) is 1.47. The normalized spacial score (nSPS) is 10.0. The van der Waals surface area contributed by atoms with Gasteiger partial charge in [-0.1, -0.05) is 36.4 Å². The average Bonchev–Trinajstić information content (AvgIpc) is 2.53. The van der Waals surface area contributed by atoms with Crippen LogP contribution < -0.4 is 14.8 Å². The van der Waals surface area contributed by atoms with Gasteiger partial charge in [-0.05, 0) is 42.8 Å². The van der Waals surface area contributed by atoms with Crippen molar-refractivity contribution in [3.8, 4) is 11.5 Å². The van der Waals surface area contributed by atoms with Crippen LogP contribution in [0.1, 0.15) is 5.56 Å². The van der Waals surface area contributed by atoms with Gasteiger partial charge in [0, 0.05) is 5.02 Å². The predicted octanol–water partition coefficient (Wildman–Crippen LogP) is 4.23. The van der Waals surface area contributed by atoms with Crippen molar-refractivity contribution < 1.29 is 14.3 Å². The highest BCUT2D eigenvalue weighted by molar-refractivity contribution is 6.30. The summed E-state index contributed by atoms with van der Waals surface area (Å²) in [7, 11) is 0. The number of aryl methyl sites for hydroxylation is 1. The minimum Gasteiger partial charge on any atom is -0.487 e. The molecule has 0 aromatic heterocycles. The maximum Gasteiger partial charge on any atom is 0.262 e. The number of benzene rings is 2. The summed E-state index contributed by atoms with van der Waals surface area (Å²) in [6, 6.07) is 12.5. The van der Waals surface area contributed by atoms with Crippen LogP contribution in [-0.2, 0) is 4.79 Å². The number of carbonyl (C=O) groups is 1. The van der Waals surface area contributed by atoms with Gasteiger partial charge in [-0.2, -0.15) is 0 Å². The summed E-state index contributed by atoms with van der Waals surface area (Å²) in [5, 5.41) is 3.40. The van der Waals surface area contributed by atoms with Gasteiger partial charge in [-0.15, -0.1) is 0 Å². The molecule has 0 saturated carbocycles. The van der Waals surface area contributed by atoms with Gasteiger partial charge in [0.1, 0.15) is 18.1 Å². The number of anilines is 1. The molecule has 1 amide bonds. The number of carbonyl (C=O) groups excluding carboxylic acids is 1. The Morgan fingerprint density at radius 2 is 2.00 bits per heavy atom. The molecule has 5 heteroatoms. The molecule has 120 valence electrons. The van der Waals surface area contributed by atoms with Crippen LogP contribution >= 0.6 is 11.6 Å². The Labute approximate surface area is 140 Å². The smallest absolute Gasteiger partial charge is 0.262 e. The molecule has 0 saturated heterocycles. The molecule has 0 fully saturated rings. The van der Waals surface area contributed by atoms with E-state index in [1.165, 1.54) is 0 Å². The SMILES string of the molecule is C=CCOc1ccccc1NC(=O)COc1ccc(Cl)cc1C. The van der Waals surface area contributed by atoms with Crippen LogP contribution in [0.15, 0.2) is 55.1 Å². The first-order chi connectivity index (χ1) is 11.1. The minimum atomic E-state index is -0.269. The molecule has 2 aromatic rings. The summed E-state index contributed by atoms with van der Waals surface area (Å²) in [4.78, 5) is 12.1. The number of hydrogen-bond donors (Lipinski definition) is 1. The van der Waals surface area contributed by atoms with Gasteiger partial charge in [0.2, 0.25) is 0 Å². The van der Waals surface area contributed by atoms with Gasteiger partial charge < -0.3 is 14.8 Å². The van der Waals surface area contributed by atoms with Crippen LogP contribution in [-0.4, -0.2) is 19.1 Å². The maximum atomic E-state index is 12.1. The van der Waals surface area contributed by atoms with Gasteiger partial charge in [-0.3, -0.25) is 4.79 Å².